The van der Waals surface area contributed by atoms with Crippen molar-refractivity contribution in [3.05, 3.63) is 30.1 Å². The molecule has 19 heavy (non-hydrogen) atoms. The number of carbonyl (C=O) groups excluding carboxylic acids is 1. The molecule has 0 saturated carbocycles. The van der Waals surface area contributed by atoms with E-state index < -0.39 is 6.04 Å². The lowest BCUT2D eigenvalue weighted by Crippen LogP contribution is -2.48. The molecule has 0 aliphatic rings. The first-order valence-corrected chi connectivity index (χ1v) is 6.35. The van der Waals surface area contributed by atoms with Crippen LogP contribution >= 0.6 is 0 Å². The minimum absolute atomic E-state index is 0.159. The number of H-pyrrole nitrogens is 1. The monoisotopic (exact) mass is 260 g/mol. The van der Waals surface area contributed by atoms with E-state index in [4.69, 9.17) is 5.73 Å². The maximum absolute atomic E-state index is 11.9. The second kappa shape index (κ2) is 5.01. The Kier molecular flexibility index (Phi) is 3.57. The first kappa shape index (κ1) is 13.5. The van der Waals surface area contributed by atoms with Crippen LogP contribution < -0.4 is 11.1 Å². The number of hydrogen-bond donors (Lipinski definition) is 3. The summed E-state index contributed by atoms with van der Waals surface area (Å²) < 4.78 is 0. The maximum atomic E-state index is 11.9. The lowest BCUT2D eigenvalue weighted by molar-refractivity contribution is -0.124. The smallest absolute Gasteiger partial charge is 0.237 e. The van der Waals surface area contributed by atoms with Crippen molar-refractivity contribution in [2.24, 2.45) is 11.1 Å². The van der Waals surface area contributed by atoms with Crippen LogP contribution in [-0.4, -0.2) is 21.9 Å². The topological polar surface area (TPSA) is 83.8 Å². The van der Waals surface area contributed by atoms with E-state index in [0.717, 1.165) is 16.9 Å². The summed E-state index contributed by atoms with van der Waals surface area (Å²) in [6.07, 6.45) is 0. The number of nitrogens with one attached hydrogen (secondary N) is 2. The molecule has 1 heterocycles. The van der Waals surface area contributed by atoms with E-state index in [1.165, 1.54) is 0 Å². The van der Waals surface area contributed by atoms with Gasteiger partial charge in [0, 0.05) is 0 Å². The Morgan fingerprint density at radius 2 is 2.11 bits per heavy atom. The molecule has 5 heteroatoms. The molecule has 4 N–H and O–H groups in total. The number of hydrogen-bond acceptors (Lipinski definition) is 3. The van der Waals surface area contributed by atoms with E-state index in [1.807, 2.05) is 45.0 Å². The number of nitrogens with two attached hydrogens (primary N) is 1. The Labute approximate surface area is 112 Å². The fourth-order valence-corrected chi connectivity index (χ4v) is 1.76. The van der Waals surface area contributed by atoms with Crippen LogP contribution in [0.25, 0.3) is 11.0 Å². The number of imidazole rings is 1. The number of para-hydroxylation sites is 2. The average molecular weight is 260 g/mol. The number of aromatic amines is 1. The summed E-state index contributed by atoms with van der Waals surface area (Å²) in [5.74, 6) is 0.573. The van der Waals surface area contributed by atoms with Crippen LogP contribution in [-0.2, 0) is 11.3 Å². The molecule has 0 aliphatic heterocycles. The zero-order chi connectivity index (χ0) is 14.0. The SMILES string of the molecule is CC(C)(C)[C@H](N)C(=O)NCc1nc2ccccc2[nH]1. The van der Waals surface area contributed by atoms with Gasteiger partial charge in [-0.3, -0.25) is 4.79 Å². The van der Waals surface area contributed by atoms with Crippen molar-refractivity contribution in [3.63, 3.8) is 0 Å². The van der Waals surface area contributed by atoms with Gasteiger partial charge in [-0.1, -0.05) is 32.9 Å². The van der Waals surface area contributed by atoms with Gasteiger partial charge in [0.2, 0.25) is 5.91 Å². The second-order valence-electron chi connectivity index (χ2n) is 5.76. The first-order chi connectivity index (χ1) is 8.88. The number of amides is 1. The van der Waals surface area contributed by atoms with Crippen LogP contribution in [0.15, 0.2) is 24.3 Å². The highest BCUT2D eigenvalue weighted by atomic mass is 16.2. The number of aromatic nitrogens is 2. The molecule has 5 nitrogen and oxygen atoms in total. The van der Waals surface area contributed by atoms with Crippen LogP contribution in [0.5, 0.6) is 0 Å². The molecule has 0 radical (unpaired) electrons. The first-order valence-electron chi connectivity index (χ1n) is 6.35. The van der Waals surface area contributed by atoms with Crippen molar-refractivity contribution in [3.8, 4) is 0 Å². The number of carbonyl (C=O) groups is 1. The third kappa shape index (κ3) is 3.12. The van der Waals surface area contributed by atoms with Crippen molar-refractivity contribution in [1.29, 1.82) is 0 Å². The average Bonchev–Trinajstić information content (AvgIpc) is 2.76. The molecule has 1 amide bonds. The number of fused-ring (bicyclic) bond motifs is 1. The molecule has 1 aromatic heterocycles. The van der Waals surface area contributed by atoms with Crippen LogP contribution in [0.3, 0.4) is 0 Å². The van der Waals surface area contributed by atoms with Gasteiger partial charge in [0.1, 0.15) is 5.82 Å². The van der Waals surface area contributed by atoms with Crippen LogP contribution in [0.2, 0.25) is 0 Å². The molecular weight excluding hydrogens is 240 g/mol. The highest BCUT2D eigenvalue weighted by Gasteiger charge is 2.27. The molecule has 1 aromatic carbocycles. The molecule has 0 unspecified atom stereocenters. The number of nitrogens with zero attached hydrogens (tertiary/aromatic N) is 1. The minimum Gasteiger partial charge on any atom is -0.348 e. The zero-order valence-corrected chi connectivity index (χ0v) is 11.5. The van der Waals surface area contributed by atoms with E-state index in [0.29, 0.717) is 6.54 Å². The molecule has 2 rings (SSSR count). The van der Waals surface area contributed by atoms with Crippen LogP contribution in [0.4, 0.5) is 0 Å². The highest BCUT2D eigenvalue weighted by molar-refractivity contribution is 5.82. The van der Waals surface area contributed by atoms with Crippen molar-refractivity contribution >= 4 is 16.9 Å². The zero-order valence-electron chi connectivity index (χ0n) is 11.5. The Morgan fingerprint density at radius 3 is 2.74 bits per heavy atom. The van der Waals surface area contributed by atoms with Gasteiger partial charge < -0.3 is 16.0 Å². The van der Waals surface area contributed by atoms with E-state index in [9.17, 15) is 4.79 Å². The Hall–Kier alpha value is -1.88. The van der Waals surface area contributed by atoms with Crippen LogP contribution in [0, 0.1) is 5.41 Å². The van der Waals surface area contributed by atoms with Crippen molar-refractivity contribution in [2.45, 2.75) is 33.4 Å². The quantitative estimate of drug-likeness (QED) is 0.783. The van der Waals surface area contributed by atoms with Gasteiger partial charge in [-0.05, 0) is 17.5 Å². The van der Waals surface area contributed by atoms with Gasteiger partial charge in [0.15, 0.2) is 0 Å². The number of rotatable bonds is 3. The van der Waals surface area contributed by atoms with Crippen molar-refractivity contribution in [1.82, 2.24) is 15.3 Å². The summed E-state index contributed by atoms with van der Waals surface area (Å²) in [6, 6.07) is 7.23. The van der Waals surface area contributed by atoms with Crippen molar-refractivity contribution < 1.29 is 4.79 Å². The molecule has 1 atom stereocenters. The molecule has 2 aromatic rings. The molecule has 0 aliphatic carbocycles. The molecule has 0 fully saturated rings. The highest BCUT2D eigenvalue weighted by Crippen LogP contribution is 2.17. The van der Waals surface area contributed by atoms with Gasteiger partial charge >= 0.3 is 0 Å². The summed E-state index contributed by atoms with van der Waals surface area (Å²) >= 11 is 0. The lowest BCUT2D eigenvalue weighted by atomic mass is 9.87. The molecule has 0 bridgehead atoms. The Morgan fingerprint density at radius 1 is 1.42 bits per heavy atom. The maximum Gasteiger partial charge on any atom is 0.237 e. The molecule has 0 spiro atoms. The minimum atomic E-state index is -0.531. The van der Waals surface area contributed by atoms with Gasteiger partial charge in [0.25, 0.3) is 0 Å². The van der Waals surface area contributed by atoms with E-state index >= 15 is 0 Å². The summed E-state index contributed by atoms with van der Waals surface area (Å²) in [5, 5.41) is 2.81. The standard InChI is InChI=1S/C14H20N4O/c1-14(2,3)12(15)13(19)16-8-11-17-9-6-4-5-7-10(9)18-11/h4-7,12H,8,15H2,1-3H3,(H,16,19)(H,17,18)/t12-/m1/s1. The Bertz CT molecular complexity index is 549. The van der Waals surface area contributed by atoms with Crippen LogP contribution in [0.1, 0.15) is 26.6 Å². The van der Waals surface area contributed by atoms with Gasteiger partial charge in [-0.15, -0.1) is 0 Å². The van der Waals surface area contributed by atoms with E-state index in [1.54, 1.807) is 0 Å². The fourth-order valence-electron chi connectivity index (χ4n) is 1.76. The summed E-state index contributed by atoms with van der Waals surface area (Å²) in [5.41, 5.74) is 7.50. The van der Waals surface area contributed by atoms with Gasteiger partial charge in [-0.25, -0.2) is 4.98 Å². The fraction of sp³-hybridized carbons (Fsp3) is 0.429. The molecule has 0 saturated heterocycles. The molecular formula is C14H20N4O. The predicted molar refractivity (Wildman–Crippen MR) is 75.4 cm³/mol. The molecule has 102 valence electrons. The van der Waals surface area contributed by atoms with E-state index in [-0.39, 0.29) is 11.3 Å². The lowest BCUT2D eigenvalue weighted by Gasteiger charge is -2.25. The predicted octanol–water partition coefficient (Wildman–Crippen LogP) is 1.55. The third-order valence-corrected chi connectivity index (χ3v) is 3.08. The van der Waals surface area contributed by atoms with Gasteiger partial charge in [-0.2, -0.15) is 0 Å². The van der Waals surface area contributed by atoms with Gasteiger partial charge in [0.05, 0.1) is 23.6 Å². The second-order valence-corrected chi connectivity index (χ2v) is 5.76. The summed E-state index contributed by atoms with van der Waals surface area (Å²) in [7, 11) is 0. The number of benzene rings is 1. The Balaban J connectivity index is 2.01. The largest absolute Gasteiger partial charge is 0.348 e. The third-order valence-electron chi connectivity index (χ3n) is 3.08. The summed E-state index contributed by atoms with van der Waals surface area (Å²) in [4.78, 5) is 19.5. The van der Waals surface area contributed by atoms with E-state index in [2.05, 4.69) is 15.3 Å². The summed E-state index contributed by atoms with van der Waals surface area (Å²) in [6.45, 7) is 6.19. The van der Waals surface area contributed by atoms with Crippen molar-refractivity contribution in [2.75, 3.05) is 0 Å². The normalized spacial score (nSPS) is 13.5.